The van der Waals surface area contributed by atoms with Crippen LogP contribution < -0.4 is 4.72 Å². The molecule has 1 rings (SSSR count). The molecule has 0 spiro atoms. The summed E-state index contributed by atoms with van der Waals surface area (Å²) in [4.78, 5) is 10.9. The van der Waals surface area contributed by atoms with Gasteiger partial charge in [-0.1, -0.05) is 13.8 Å². The zero-order valence-electron chi connectivity index (χ0n) is 9.83. The second-order valence-corrected chi connectivity index (χ2v) is 6.27. The van der Waals surface area contributed by atoms with Gasteiger partial charge in [-0.25, -0.2) is 4.72 Å². The summed E-state index contributed by atoms with van der Waals surface area (Å²) in [6.45, 7) is 3.75. The molecule has 0 aromatic rings. The molecular weight excluding hydrogens is 248 g/mol. The summed E-state index contributed by atoms with van der Waals surface area (Å²) in [7, 11) is -3.84. The van der Waals surface area contributed by atoms with Gasteiger partial charge in [0.25, 0.3) is 10.2 Å². The summed E-state index contributed by atoms with van der Waals surface area (Å²) in [6.07, 6.45) is -0.996. The lowest BCUT2D eigenvalue weighted by Gasteiger charge is -2.21. The Kier molecular flexibility index (Phi) is 4.48. The highest BCUT2D eigenvalue weighted by molar-refractivity contribution is 7.87. The van der Waals surface area contributed by atoms with Crippen molar-refractivity contribution in [2.45, 2.75) is 32.4 Å². The third-order valence-corrected chi connectivity index (χ3v) is 4.05. The van der Waals surface area contributed by atoms with E-state index < -0.39 is 28.3 Å². The minimum atomic E-state index is -3.84. The van der Waals surface area contributed by atoms with Gasteiger partial charge in [0.15, 0.2) is 0 Å². The third kappa shape index (κ3) is 3.63. The molecule has 1 fully saturated rings. The Morgan fingerprint density at radius 2 is 2.12 bits per heavy atom. The van der Waals surface area contributed by atoms with E-state index in [1.807, 2.05) is 13.8 Å². The summed E-state index contributed by atoms with van der Waals surface area (Å²) in [6, 6.07) is -1.19. The zero-order valence-corrected chi connectivity index (χ0v) is 10.6. The summed E-state index contributed by atoms with van der Waals surface area (Å²) in [5.41, 5.74) is 0. The minimum Gasteiger partial charge on any atom is -0.480 e. The molecule has 0 saturated carbocycles. The first kappa shape index (κ1) is 14.4. The minimum absolute atomic E-state index is 0.0715. The highest BCUT2D eigenvalue weighted by Gasteiger charge is 2.42. The molecule has 2 atom stereocenters. The van der Waals surface area contributed by atoms with E-state index in [4.69, 9.17) is 5.11 Å². The molecule has 0 aliphatic carbocycles. The van der Waals surface area contributed by atoms with Crippen molar-refractivity contribution in [1.29, 1.82) is 0 Å². The van der Waals surface area contributed by atoms with E-state index in [-0.39, 0.29) is 25.4 Å². The lowest BCUT2D eigenvalue weighted by Crippen LogP contribution is -2.47. The monoisotopic (exact) mass is 266 g/mol. The predicted octanol–water partition coefficient (Wildman–Crippen LogP) is -1.00. The molecule has 1 saturated heterocycles. The second-order valence-electron chi connectivity index (χ2n) is 4.56. The topological polar surface area (TPSA) is 107 Å². The van der Waals surface area contributed by atoms with Crippen LogP contribution in [0.1, 0.15) is 20.3 Å². The van der Waals surface area contributed by atoms with Gasteiger partial charge in [0.2, 0.25) is 0 Å². The first-order chi connectivity index (χ1) is 7.74. The SMILES string of the molecule is CC(C)CNS(=O)(=O)N1C[C@@H](O)C[C@H]1C(=O)O. The van der Waals surface area contributed by atoms with E-state index in [1.165, 1.54) is 0 Å². The fraction of sp³-hybridized carbons (Fsp3) is 0.889. The summed E-state index contributed by atoms with van der Waals surface area (Å²) < 4.78 is 26.8. The number of carbonyl (C=O) groups is 1. The van der Waals surface area contributed by atoms with E-state index >= 15 is 0 Å². The molecule has 7 nitrogen and oxygen atoms in total. The van der Waals surface area contributed by atoms with Gasteiger partial charge in [-0.3, -0.25) is 4.79 Å². The van der Waals surface area contributed by atoms with Gasteiger partial charge in [0, 0.05) is 19.5 Å². The Bertz CT molecular complexity index is 381. The first-order valence-electron chi connectivity index (χ1n) is 5.41. The van der Waals surface area contributed by atoms with E-state index in [0.717, 1.165) is 4.31 Å². The average Bonchev–Trinajstić information content (AvgIpc) is 2.58. The molecule has 0 amide bonds. The normalized spacial score (nSPS) is 26.6. The molecule has 8 heteroatoms. The van der Waals surface area contributed by atoms with Crippen molar-refractivity contribution in [2.75, 3.05) is 13.1 Å². The van der Waals surface area contributed by atoms with Crippen LogP contribution in [-0.4, -0.2) is 54.1 Å². The van der Waals surface area contributed by atoms with Crippen LogP contribution in [0.2, 0.25) is 0 Å². The number of β-amino-alcohol motifs (C(OH)–C–C–N with tert-alkyl or cyclic N) is 1. The molecule has 0 unspecified atom stereocenters. The van der Waals surface area contributed by atoms with Gasteiger partial charge >= 0.3 is 5.97 Å². The zero-order chi connectivity index (χ0) is 13.2. The van der Waals surface area contributed by atoms with Crippen LogP contribution in [0.4, 0.5) is 0 Å². The maximum absolute atomic E-state index is 11.8. The highest BCUT2D eigenvalue weighted by atomic mass is 32.2. The van der Waals surface area contributed by atoms with Crippen LogP contribution in [0.5, 0.6) is 0 Å². The van der Waals surface area contributed by atoms with E-state index in [0.29, 0.717) is 0 Å². The number of nitrogens with zero attached hydrogens (tertiary/aromatic N) is 1. The second kappa shape index (κ2) is 5.30. The van der Waals surface area contributed by atoms with E-state index in [2.05, 4.69) is 4.72 Å². The number of carboxylic acids is 1. The smallest absolute Gasteiger partial charge is 0.322 e. The van der Waals surface area contributed by atoms with Crippen molar-refractivity contribution in [1.82, 2.24) is 9.03 Å². The van der Waals surface area contributed by atoms with Gasteiger partial charge in [-0.2, -0.15) is 12.7 Å². The summed E-state index contributed by atoms with van der Waals surface area (Å²) >= 11 is 0. The Hall–Kier alpha value is -0.700. The molecule has 0 bridgehead atoms. The number of hydrogen-bond acceptors (Lipinski definition) is 4. The van der Waals surface area contributed by atoms with Gasteiger partial charge in [-0.05, 0) is 5.92 Å². The summed E-state index contributed by atoms with van der Waals surface area (Å²) in [5.74, 6) is -1.11. The average molecular weight is 266 g/mol. The van der Waals surface area contributed by atoms with Crippen LogP contribution >= 0.6 is 0 Å². The molecular formula is C9H18N2O5S. The molecule has 1 aliphatic rings. The molecule has 0 aromatic heterocycles. The fourth-order valence-electron chi connectivity index (χ4n) is 1.63. The maximum atomic E-state index is 11.8. The Morgan fingerprint density at radius 1 is 1.53 bits per heavy atom. The van der Waals surface area contributed by atoms with Crippen molar-refractivity contribution in [3.63, 3.8) is 0 Å². The Labute approximate surface area is 101 Å². The van der Waals surface area contributed by atoms with Gasteiger partial charge in [-0.15, -0.1) is 0 Å². The van der Waals surface area contributed by atoms with Crippen molar-refractivity contribution in [3.05, 3.63) is 0 Å². The van der Waals surface area contributed by atoms with Crippen LogP contribution in [0.25, 0.3) is 0 Å². The number of nitrogens with one attached hydrogen (secondary N) is 1. The first-order valence-corrected chi connectivity index (χ1v) is 6.85. The quantitative estimate of drug-likeness (QED) is 0.591. The number of aliphatic carboxylic acids is 1. The van der Waals surface area contributed by atoms with Gasteiger partial charge in [0.05, 0.1) is 6.10 Å². The predicted molar refractivity (Wildman–Crippen MR) is 60.5 cm³/mol. The lowest BCUT2D eigenvalue weighted by molar-refractivity contribution is -0.140. The number of aliphatic hydroxyl groups is 1. The number of rotatable bonds is 5. The third-order valence-electron chi connectivity index (χ3n) is 2.50. The van der Waals surface area contributed by atoms with Gasteiger partial charge in [0.1, 0.15) is 6.04 Å². The number of carboxylic acid groups (broad SMARTS) is 1. The standard InChI is InChI=1S/C9H18N2O5S/c1-6(2)4-10-17(15,16)11-5-7(12)3-8(11)9(13)14/h6-8,10,12H,3-5H2,1-2H3,(H,13,14)/t7-,8-/m0/s1. The van der Waals surface area contributed by atoms with Crippen LogP contribution in [0.15, 0.2) is 0 Å². The lowest BCUT2D eigenvalue weighted by atomic mass is 10.2. The van der Waals surface area contributed by atoms with Crippen LogP contribution in [0, 0.1) is 5.92 Å². The molecule has 100 valence electrons. The van der Waals surface area contributed by atoms with Crippen LogP contribution in [-0.2, 0) is 15.0 Å². The van der Waals surface area contributed by atoms with Crippen molar-refractivity contribution in [2.24, 2.45) is 5.92 Å². The Balaban J connectivity index is 2.79. The van der Waals surface area contributed by atoms with Crippen molar-refractivity contribution >= 4 is 16.2 Å². The molecule has 17 heavy (non-hydrogen) atoms. The van der Waals surface area contributed by atoms with Crippen LogP contribution in [0.3, 0.4) is 0 Å². The maximum Gasteiger partial charge on any atom is 0.322 e. The summed E-state index contributed by atoms with van der Waals surface area (Å²) in [5, 5.41) is 18.3. The fourth-order valence-corrected chi connectivity index (χ4v) is 3.22. The highest BCUT2D eigenvalue weighted by Crippen LogP contribution is 2.21. The van der Waals surface area contributed by atoms with Crippen molar-refractivity contribution < 1.29 is 23.4 Å². The Morgan fingerprint density at radius 3 is 2.59 bits per heavy atom. The largest absolute Gasteiger partial charge is 0.480 e. The molecule has 0 aromatic carbocycles. The van der Waals surface area contributed by atoms with Gasteiger partial charge < -0.3 is 10.2 Å². The van der Waals surface area contributed by atoms with Crippen molar-refractivity contribution in [3.8, 4) is 0 Å². The number of aliphatic hydroxyl groups excluding tert-OH is 1. The molecule has 0 radical (unpaired) electrons. The molecule has 1 heterocycles. The molecule has 3 N–H and O–H groups in total. The van der Waals surface area contributed by atoms with E-state index in [9.17, 15) is 18.3 Å². The molecule has 1 aliphatic heterocycles. The number of hydrogen-bond donors (Lipinski definition) is 3. The van der Waals surface area contributed by atoms with E-state index in [1.54, 1.807) is 0 Å².